The maximum Gasteiger partial charge on any atom is 0.337 e. The summed E-state index contributed by atoms with van der Waals surface area (Å²) < 4.78 is 5.45. The summed E-state index contributed by atoms with van der Waals surface area (Å²) in [7, 11) is 0. The van der Waals surface area contributed by atoms with E-state index in [1.54, 1.807) is 12.1 Å². The molecule has 0 fully saturated rings. The van der Waals surface area contributed by atoms with E-state index in [0.29, 0.717) is 30.3 Å². The van der Waals surface area contributed by atoms with Crippen molar-refractivity contribution in [1.82, 2.24) is 0 Å². The van der Waals surface area contributed by atoms with Crippen molar-refractivity contribution in [1.29, 1.82) is 0 Å². The van der Waals surface area contributed by atoms with Gasteiger partial charge in [0.2, 0.25) is 0 Å². The maximum atomic E-state index is 11.1. The molecular weight excluding hydrogens is 230 g/mol. The first-order valence-corrected chi connectivity index (χ1v) is 6.17. The Morgan fingerprint density at radius 3 is 2.78 bits per heavy atom. The maximum absolute atomic E-state index is 11.1. The van der Waals surface area contributed by atoms with E-state index in [4.69, 9.17) is 9.84 Å². The molecule has 4 heteroatoms. The largest absolute Gasteiger partial charge is 0.478 e. The summed E-state index contributed by atoms with van der Waals surface area (Å²) in [6, 6.07) is 5.25. The Kier molecular flexibility index (Phi) is 5.65. The fourth-order valence-electron chi connectivity index (χ4n) is 1.65. The van der Waals surface area contributed by atoms with Crippen LogP contribution in [-0.4, -0.2) is 30.8 Å². The summed E-state index contributed by atoms with van der Waals surface area (Å²) >= 11 is 0. The number of para-hydroxylation sites is 1. The molecule has 18 heavy (non-hydrogen) atoms. The number of carbonyl (C=O) groups is 1. The first-order valence-electron chi connectivity index (χ1n) is 6.17. The summed E-state index contributed by atoms with van der Waals surface area (Å²) in [6.07, 6.45) is 0. The molecule has 1 aromatic rings. The van der Waals surface area contributed by atoms with Gasteiger partial charge in [-0.25, -0.2) is 4.79 Å². The average Bonchev–Trinajstić information content (AvgIpc) is 2.29. The second kappa shape index (κ2) is 7.01. The standard InChI is InChI=1S/C14H21NO3/c1-10(2)9-18-8-7-15-13-11(3)5-4-6-12(13)14(16)17/h4-6,10,15H,7-9H2,1-3H3,(H,16,17). The number of nitrogens with one attached hydrogen (secondary N) is 1. The summed E-state index contributed by atoms with van der Waals surface area (Å²) in [5.41, 5.74) is 1.91. The van der Waals surface area contributed by atoms with E-state index in [2.05, 4.69) is 19.2 Å². The third-order valence-corrected chi connectivity index (χ3v) is 2.50. The number of anilines is 1. The second-order valence-electron chi connectivity index (χ2n) is 4.70. The summed E-state index contributed by atoms with van der Waals surface area (Å²) in [5, 5.41) is 12.2. The lowest BCUT2D eigenvalue weighted by Crippen LogP contribution is -2.15. The Morgan fingerprint density at radius 1 is 1.44 bits per heavy atom. The molecule has 2 N–H and O–H groups in total. The van der Waals surface area contributed by atoms with Gasteiger partial charge in [-0.2, -0.15) is 0 Å². The highest BCUT2D eigenvalue weighted by atomic mass is 16.5. The highest BCUT2D eigenvalue weighted by Gasteiger charge is 2.11. The lowest BCUT2D eigenvalue weighted by Gasteiger charge is -2.13. The highest BCUT2D eigenvalue weighted by molar-refractivity contribution is 5.95. The molecule has 0 aliphatic heterocycles. The molecule has 0 saturated carbocycles. The van der Waals surface area contributed by atoms with E-state index in [-0.39, 0.29) is 0 Å². The summed E-state index contributed by atoms with van der Waals surface area (Å²) in [5.74, 6) is -0.401. The number of aromatic carboxylic acids is 1. The van der Waals surface area contributed by atoms with E-state index in [0.717, 1.165) is 12.2 Å². The highest BCUT2D eigenvalue weighted by Crippen LogP contribution is 2.20. The van der Waals surface area contributed by atoms with Crippen molar-refractivity contribution in [2.45, 2.75) is 20.8 Å². The average molecular weight is 251 g/mol. The van der Waals surface area contributed by atoms with E-state index in [1.165, 1.54) is 0 Å². The lowest BCUT2D eigenvalue weighted by molar-refractivity contribution is 0.0697. The minimum atomic E-state index is -0.913. The number of hydrogen-bond acceptors (Lipinski definition) is 3. The summed E-state index contributed by atoms with van der Waals surface area (Å²) in [4.78, 5) is 11.1. The molecule has 0 radical (unpaired) electrons. The van der Waals surface area contributed by atoms with E-state index >= 15 is 0 Å². The van der Waals surface area contributed by atoms with Crippen LogP contribution in [0.3, 0.4) is 0 Å². The first kappa shape index (κ1) is 14.5. The number of carboxylic acids is 1. The number of rotatable bonds is 7. The van der Waals surface area contributed by atoms with Crippen molar-refractivity contribution in [2.24, 2.45) is 5.92 Å². The van der Waals surface area contributed by atoms with Crippen LogP contribution in [-0.2, 0) is 4.74 Å². The molecule has 0 aliphatic rings. The quantitative estimate of drug-likeness (QED) is 0.732. The number of carboxylic acid groups (broad SMARTS) is 1. The zero-order valence-corrected chi connectivity index (χ0v) is 11.2. The van der Waals surface area contributed by atoms with Gasteiger partial charge in [0.05, 0.1) is 17.9 Å². The van der Waals surface area contributed by atoms with Crippen LogP contribution in [0, 0.1) is 12.8 Å². The fraction of sp³-hybridized carbons (Fsp3) is 0.500. The number of aryl methyl sites for hydroxylation is 1. The third kappa shape index (κ3) is 4.37. The van der Waals surface area contributed by atoms with Gasteiger partial charge in [0.25, 0.3) is 0 Å². The van der Waals surface area contributed by atoms with Crippen molar-refractivity contribution in [3.8, 4) is 0 Å². The Hall–Kier alpha value is -1.55. The number of benzene rings is 1. The van der Waals surface area contributed by atoms with Gasteiger partial charge in [-0.3, -0.25) is 0 Å². The molecule has 1 aromatic carbocycles. The van der Waals surface area contributed by atoms with Crippen LogP contribution in [0.25, 0.3) is 0 Å². The zero-order valence-electron chi connectivity index (χ0n) is 11.2. The molecule has 0 spiro atoms. The predicted molar refractivity (Wildman–Crippen MR) is 72.3 cm³/mol. The van der Waals surface area contributed by atoms with Crippen LogP contribution in [0.4, 0.5) is 5.69 Å². The van der Waals surface area contributed by atoms with Crippen molar-refractivity contribution in [3.05, 3.63) is 29.3 Å². The zero-order chi connectivity index (χ0) is 13.5. The van der Waals surface area contributed by atoms with Crippen LogP contribution < -0.4 is 5.32 Å². The van der Waals surface area contributed by atoms with Gasteiger partial charge in [0.15, 0.2) is 0 Å². The molecule has 0 saturated heterocycles. The second-order valence-corrected chi connectivity index (χ2v) is 4.70. The van der Waals surface area contributed by atoms with Crippen molar-refractivity contribution >= 4 is 11.7 Å². The Morgan fingerprint density at radius 2 is 2.17 bits per heavy atom. The molecule has 100 valence electrons. The number of hydrogen-bond donors (Lipinski definition) is 2. The molecule has 0 unspecified atom stereocenters. The van der Waals surface area contributed by atoms with Gasteiger partial charge in [-0.05, 0) is 24.5 Å². The van der Waals surface area contributed by atoms with Crippen LogP contribution in [0.2, 0.25) is 0 Å². The number of ether oxygens (including phenoxy) is 1. The van der Waals surface area contributed by atoms with Gasteiger partial charge in [-0.15, -0.1) is 0 Å². The van der Waals surface area contributed by atoms with Crippen LogP contribution >= 0.6 is 0 Å². The van der Waals surface area contributed by atoms with Gasteiger partial charge >= 0.3 is 5.97 Å². The molecule has 0 atom stereocenters. The molecule has 0 bridgehead atoms. The molecule has 0 aliphatic carbocycles. The molecule has 0 amide bonds. The van der Waals surface area contributed by atoms with Crippen molar-refractivity contribution in [3.63, 3.8) is 0 Å². The Balaban J connectivity index is 2.53. The molecule has 0 heterocycles. The van der Waals surface area contributed by atoms with Crippen LogP contribution in [0.15, 0.2) is 18.2 Å². The molecule has 4 nitrogen and oxygen atoms in total. The smallest absolute Gasteiger partial charge is 0.337 e. The van der Waals surface area contributed by atoms with Crippen molar-refractivity contribution < 1.29 is 14.6 Å². The summed E-state index contributed by atoms with van der Waals surface area (Å²) in [6.45, 7) is 7.99. The normalized spacial score (nSPS) is 10.7. The third-order valence-electron chi connectivity index (χ3n) is 2.50. The molecular formula is C14H21NO3. The van der Waals surface area contributed by atoms with E-state index in [1.807, 2.05) is 13.0 Å². The van der Waals surface area contributed by atoms with E-state index in [9.17, 15) is 4.79 Å². The lowest BCUT2D eigenvalue weighted by atomic mass is 10.1. The monoisotopic (exact) mass is 251 g/mol. The Bertz CT molecular complexity index is 402. The van der Waals surface area contributed by atoms with Crippen molar-refractivity contribution in [2.75, 3.05) is 25.1 Å². The Labute approximate surface area is 108 Å². The minimum absolute atomic E-state index is 0.304. The minimum Gasteiger partial charge on any atom is -0.478 e. The fourth-order valence-corrected chi connectivity index (χ4v) is 1.65. The van der Waals surface area contributed by atoms with E-state index < -0.39 is 5.97 Å². The van der Waals surface area contributed by atoms with Gasteiger partial charge < -0.3 is 15.2 Å². The van der Waals surface area contributed by atoms with Gasteiger partial charge in [0, 0.05) is 13.2 Å². The molecule has 0 aromatic heterocycles. The topological polar surface area (TPSA) is 58.6 Å². The van der Waals surface area contributed by atoms with Gasteiger partial charge in [0.1, 0.15) is 0 Å². The predicted octanol–water partition coefficient (Wildman–Crippen LogP) is 2.78. The van der Waals surface area contributed by atoms with Crippen LogP contribution in [0.1, 0.15) is 29.8 Å². The first-order chi connectivity index (χ1) is 8.52. The van der Waals surface area contributed by atoms with Gasteiger partial charge in [-0.1, -0.05) is 26.0 Å². The molecule has 1 rings (SSSR count). The SMILES string of the molecule is Cc1cccc(C(=O)O)c1NCCOCC(C)C. The van der Waals surface area contributed by atoms with Crippen LogP contribution in [0.5, 0.6) is 0 Å².